The number of amides is 1. The Kier molecular flexibility index (Phi) is 5.87. The van der Waals surface area contributed by atoms with Crippen LogP contribution in [0.3, 0.4) is 0 Å². The minimum Gasteiger partial charge on any atom is -0.493 e. The van der Waals surface area contributed by atoms with Gasteiger partial charge in [0, 0.05) is 26.3 Å². The van der Waals surface area contributed by atoms with Gasteiger partial charge in [0.15, 0.2) is 11.5 Å². The number of alkyl halides is 2. The molecule has 3 rings (SSSR count). The third-order valence-corrected chi connectivity index (χ3v) is 5.45. The lowest BCUT2D eigenvalue weighted by molar-refractivity contribution is -0.126. The van der Waals surface area contributed by atoms with Gasteiger partial charge in [0.25, 0.3) is 15.9 Å². The summed E-state index contributed by atoms with van der Waals surface area (Å²) in [5.74, 6) is -0.0958. The molecule has 11 heteroatoms. The smallest absolute Gasteiger partial charge is 0.387 e. The monoisotopic (exact) mass is 427 g/mol. The molecule has 1 aromatic rings. The van der Waals surface area contributed by atoms with Crippen LogP contribution in [0.15, 0.2) is 46.5 Å². The summed E-state index contributed by atoms with van der Waals surface area (Å²) in [5.41, 5.74) is 1.03. The van der Waals surface area contributed by atoms with Crippen molar-refractivity contribution in [2.24, 2.45) is 4.40 Å². The fourth-order valence-electron chi connectivity index (χ4n) is 2.90. The van der Waals surface area contributed by atoms with Crippen molar-refractivity contribution in [3.05, 3.63) is 47.7 Å². The Hall–Kier alpha value is -2.95. The van der Waals surface area contributed by atoms with Crippen LogP contribution in [0.1, 0.15) is 5.56 Å². The molecule has 29 heavy (non-hydrogen) atoms. The number of hydrogen-bond acceptors (Lipinski definition) is 6. The number of likely N-dealkylation sites (N-methyl/N-ethyl adjacent to an activating group) is 1. The fraction of sp³-hybridized carbons (Fsp3) is 0.333. The highest BCUT2D eigenvalue weighted by atomic mass is 32.2. The number of carbonyl (C=O) groups excluding carboxylic acids is 1. The molecule has 0 radical (unpaired) electrons. The molecule has 0 saturated carbocycles. The lowest BCUT2D eigenvalue weighted by atomic mass is 10.1. The quantitative estimate of drug-likeness (QED) is 0.687. The normalized spacial score (nSPS) is 17.3. The van der Waals surface area contributed by atoms with E-state index in [2.05, 4.69) is 9.13 Å². The second-order valence-corrected chi connectivity index (χ2v) is 8.13. The number of hydrogen-bond donors (Lipinski definition) is 0. The molecule has 1 amide bonds. The van der Waals surface area contributed by atoms with Crippen molar-refractivity contribution in [3.63, 3.8) is 0 Å². The minimum absolute atomic E-state index is 0.0926. The van der Waals surface area contributed by atoms with Crippen molar-refractivity contribution in [1.82, 2.24) is 9.80 Å². The van der Waals surface area contributed by atoms with Gasteiger partial charge in [0.2, 0.25) is 0 Å². The predicted octanol–water partition coefficient (Wildman–Crippen LogP) is 1.75. The second-order valence-electron chi connectivity index (χ2n) is 6.37. The number of halogens is 2. The van der Waals surface area contributed by atoms with Crippen LogP contribution in [-0.4, -0.2) is 63.0 Å². The van der Waals surface area contributed by atoms with E-state index in [0.29, 0.717) is 11.1 Å². The molecule has 0 atom stereocenters. The van der Waals surface area contributed by atoms with Gasteiger partial charge in [-0.3, -0.25) is 4.79 Å². The molecule has 8 nitrogen and oxygen atoms in total. The summed E-state index contributed by atoms with van der Waals surface area (Å²) < 4.78 is 61.1. The lowest BCUT2D eigenvalue weighted by Crippen LogP contribution is -2.38. The molecule has 2 aliphatic rings. The van der Waals surface area contributed by atoms with Crippen molar-refractivity contribution in [1.29, 1.82) is 0 Å². The first kappa shape index (κ1) is 20.8. The van der Waals surface area contributed by atoms with Gasteiger partial charge in [-0.05, 0) is 29.8 Å². The van der Waals surface area contributed by atoms with E-state index < -0.39 is 16.6 Å². The number of carbonyl (C=O) groups is 1. The molecule has 0 aliphatic carbocycles. The van der Waals surface area contributed by atoms with Crippen molar-refractivity contribution in [3.8, 4) is 11.5 Å². The summed E-state index contributed by atoms with van der Waals surface area (Å²) in [5, 5.41) is 0. The summed E-state index contributed by atoms with van der Waals surface area (Å²) in [4.78, 5) is 15.8. The Morgan fingerprint density at radius 3 is 2.76 bits per heavy atom. The zero-order chi connectivity index (χ0) is 21.2. The Labute approximate surface area is 166 Å². The molecule has 2 aliphatic heterocycles. The Morgan fingerprint density at radius 1 is 1.31 bits per heavy atom. The SMILES string of the molecule is COc1cc(CN(C)C(=O)C2=CN3CCS(=O)(=O)N=C3C=C2)ccc1OC(F)F. The number of sulfonamides is 1. The minimum atomic E-state index is -3.46. The van der Waals surface area contributed by atoms with E-state index in [4.69, 9.17) is 4.74 Å². The van der Waals surface area contributed by atoms with Gasteiger partial charge in [0.05, 0.1) is 18.4 Å². The summed E-state index contributed by atoms with van der Waals surface area (Å²) in [6.07, 6.45) is 4.55. The van der Waals surface area contributed by atoms with Crippen LogP contribution < -0.4 is 9.47 Å². The van der Waals surface area contributed by atoms with Gasteiger partial charge < -0.3 is 19.3 Å². The lowest BCUT2D eigenvalue weighted by Gasteiger charge is -2.28. The van der Waals surface area contributed by atoms with Crippen LogP contribution >= 0.6 is 0 Å². The fourth-order valence-corrected chi connectivity index (χ4v) is 3.87. The van der Waals surface area contributed by atoms with Crippen molar-refractivity contribution in [2.75, 3.05) is 26.5 Å². The third kappa shape index (κ3) is 4.91. The highest BCUT2D eigenvalue weighted by Crippen LogP contribution is 2.30. The van der Waals surface area contributed by atoms with Gasteiger partial charge in [-0.15, -0.1) is 4.40 Å². The van der Waals surface area contributed by atoms with E-state index in [9.17, 15) is 22.0 Å². The van der Waals surface area contributed by atoms with E-state index >= 15 is 0 Å². The molecule has 2 heterocycles. The molecule has 0 unspecified atom stereocenters. The largest absolute Gasteiger partial charge is 0.493 e. The van der Waals surface area contributed by atoms with E-state index in [-0.39, 0.29) is 42.1 Å². The molecule has 0 saturated heterocycles. The zero-order valence-corrected chi connectivity index (χ0v) is 16.5. The van der Waals surface area contributed by atoms with Crippen LogP contribution in [0.5, 0.6) is 11.5 Å². The van der Waals surface area contributed by atoms with E-state index in [1.54, 1.807) is 24.2 Å². The topological polar surface area (TPSA) is 88.5 Å². The third-order valence-electron chi connectivity index (χ3n) is 4.28. The van der Waals surface area contributed by atoms with Crippen LogP contribution in [-0.2, 0) is 21.4 Å². The first-order valence-electron chi connectivity index (χ1n) is 8.55. The highest BCUT2D eigenvalue weighted by Gasteiger charge is 2.26. The highest BCUT2D eigenvalue weighted by molar-refractivity contribution is 7.90. The Balaban J connectivity index is 1.72. The summed E-state index contributed by atoms with van der Waals surface area (Å²) in [6, 6.07) is 4.44. The van der Waals surface area contributed by atoms with Crippen molar-refractivity contribution >= 4 is 21.8 Å². The summed E-state index contributed by atoms with van der Waals surface area (Å²) in [6.45, 7) is -2.55. The van der Waals surface area contributed by atoms with Gasteiger partial charge in [-0.2, -0.15) is 8.78 Å². The molecule has 0 N–H and O–H groups in total. The molecule has 0 aromatic heterocycles. The molecular weight excluding hydrogens is 408 g/mol. The molecule has 0 spiro atoms. The van der Waals surface area contributed by atoms with Crippen LogP contribution in [0, 0.1) is 0 Å². The number of benzene rings is 1. The number of fused-ring (bicyclic) bond motifs is 1. The van der Waals surface area contributed by atoms with Crippen LogP contribution in [0.4, 0.5) is 8.78 Å². The second kappa shape index (κ2) is 8.19. The average molecular weight is 427 g/mol. The molecular formula is C18H19F2N3O5S. The van der Waals surface area contributed by atoms with E-state index in [1.165, 1.54) is 36.3 Å². The molecule has 0 bridgehead atoms. The van der Waals surface area contributed by atoms with Gasteiger partial charge in [-0.1, -0.05) is 6.07 Å². The Morgan fingerprint density at radius 2 is 2.07 bits per heavy atom. The van der Waals surface area contributed by atoms with E-state index in [0.717, 1.165) is 0 Å². The van der Waals surface area contributed by atoms with Crippen molar-refractivity contribution in [2.45, 2.75) is 13.2 Å². The van der Waals surface area contributed by atoms with Gasteiger partial charge in [-0.25, -0.2) is 8.42 Å². The maximum atomic E-state index is 12.7. The number of methoxy groups -OCH3 is 1. The Bertz CT molecular complexity index is 1000. The standard InChI is InChI=1S/C18H19F2N3O5S/c1-22(10-12-3-5-14(28-18(19)20)15(9-12)27-2)17(24)13-4-6-16-21-29(25,26)8-7-23(16)11-13/h3-6,9,11,18H,7-8,10H2,1-2H3. The first-order valence-corrected chi connectivity index (χ1v) is 10.2. The van der Waals surface area contributed by atoms with Crippen LogP contribution in [0.2, 0.25) is 0 Å². The molecule has 1 aromatic carbocycles. The number of amidine groups is 1. The average Bonchev–Trinajstić information content (AvgIpc) is 2.67. The number of ether oxygens (including phenoxy) is 2. The molecule has 0 fully saturated rings. The zero-order valence-electron chi connectivity index (χ0n) is 15.7. The number of rotatable bonds is 6. The maximum absolute atomic E-state index is 12.7. The predicted molar refractivity (Wildman–Crippen MR) is 101 cm³/mol. The van der Waals surface area contributed by atoms with E-state index in [1.807, 2.05) is 0 Å². The maximum Gasteiger partial charge on any atom is 0.387 e. The van der Waals surface area contributed by atoms with Crippen molar-refractivity contribution < 1.29 is 31.5 Å². The number of nitrogens with zero attached hydrogens (tertiary/aromatic N) is 3. The summed E-state index contributed by atoms with van der Waals surface area (Å²) in [7, 11) is -0.535. The first-order chi connectivity index (χ1) is 13.7. The van der Waals surface area contributed by atoms with Gasteiger partial charge >= 0.3 is 6.61 Å². The summed E-state index contributed by atoms with van der Waals surface area (Å²) >= 11 is 0. The molecule has 156 valence electrons. The van der Waals surface area contributed by atoms with Crippen LogP contribution in [0.25, 0.3) is 0 Å². The van der Waals surface area contributed by atoms with Gasteiger partial charge in [0.1, 0.15) is 5.84 Å².